The Morgan fingerprint density at radius 1 is 1.09 bits per heavy atom. The number of amides is 1. The molecule has 2 aliphatic rings. The Balaban J connectivity index is 1.42. The summed E-state index contributed by atoms with van der Waals surface area (Å²) in [6, 6.07) is 2.74. The number of nitrogens with zero attached hydrogens (tertiary/aromatic N) is 2. The molecule has 1 aromatic heterocycles. The molecular formula is C22H31F3N2O7S. The van der Waals surface area contributed by atoms with Crippen LogP contribution in [0.5, 0.6) is 5.75 Å². The summed E-state index contributed by atoms with van der Waals surface area (Å²) in [5, 5.41) is 11.9. The second-order valence-electron chi connectivity index (χ2n) is 9.09. The maximum atomic E-state index is 12.6. The number of rotatable bonds is 6. The second-order valence-corrected chi connectivity index (χ2v) is 11.1. The minimum absolute atomic E-state index is 0.00162. The number of alkyl halides is 3. The first-order chi connectivity index (χ1) is 16.3. The monoisotopic (exact) mass is 524 g/mol. The maximum Gasteiger partial charge on any atom is 0.425 e. The topological polar surface area (TPSA) is 109 Å². The van der Waals surface area contributed by atoms with Gasteiger partial charge in [-0.15, -0.1) is 0 Å². The van der Waals surface area contributed by atoms with Crippen LogP contribution in [-0.2, 0) is 19.3 Å². The van der Waals surface area contributed by atoms with E-state index in [1.807, 2.05) is 0 Å². The van der Waals surface area contributed by atoms with Crippen molar-refractivity contribution in [3.63, 3.8) is 0 Å². The van der Waals surface area contributed by atoms with Crippen LogP contribution in [0.25, 0.3) is 0 Å². The predicted molar refractivity (Wildman–Crippen MR) is 118 cm³/mol. The second kappa shape index (κ2) is 10.8. The van der Waals surface area contributed by atoms with E-state index >= 15 is 0 Å². The maximum absolute atomic E-state index is 12.6. The molecule has 1 atom stereocenters. The predicted octanol–water partition coefficient (Wildman–Crippen LogP) is 3.29. The van der Waals surface area contributed by atoms with Crippen molar-refractivity contribution in [1.29, 1.82) is 0 Å². The van der Waals surface area contributed by atoms with Gasteiger partial charge in [-0.1, -0.05) is 0 Å². The minimum Gasteiger partial charge on any atom is -0.617 e. The molecule has 2 heterocycles. The summed E-state index contributed by atoms with van der Waals surface area (Å²) in [7, 11) is -3.64. The zero-order valence-electron chi connectivity index (χ0n) is 19.9. The van der Waals surface area contributed by atoms with Crippen LogP contribution in [0, 0.1) is 12.1 Å². The standard InChI is InChI=1S/C22H31F3N2O7S/c1-14-19(8-9-20(27(14)29)35(3,30)31)34-17-6-4-16(5-7-17)33-18-10-12-26(13-11-18)21(28)32-15(2)22(23,24)25/h8-9,15-18H,4-7,10-13H2,1-3H3. The molecule has 0 bridgehead atoms. The van der Waals surface area contributed by atoms with Crippen LogP contribution in [0.4, 0.5) is 18.0 Å². The van der Waals surface area contributed by atoms with Gasteiger partial charge in [0.05, 0.1) is 18.3 Å². The summed E-state index contributed by atoms with van der Waals surface area (Å²) in [5.74, 6) is 0.343. The molecule has 2 fully saturated rings. The normalized spacial score (nSPS) is 23.1. The van der Waals surface area contributed by atoms with Gasteiger partial charge in [0.1, 0.15) is 0 Å². The summed E-state index contributed by atoms with van der Waals surface area (Å²) in [6.07, 6.45) is -3.08. The number of carbonyl (C=O) groups is 1. The lowest BCUT2D eigenvalue weighted by Gasteiger charge is -2.36. The molecule has 0 radical (unpaired) electrons. The van der Waals surface area contributed by atoms with Crippen LogP contribution >= 0.6 is 0 Å². The Hall–Kier alpha value is -2.28. The van der Waals surface area contributed by atoms with Gasteiger partial charge in [-0.2, -0.15) is 17.9 Å². The number of aromatic nitrogens is 1. The highest BCUT2D eigenvalue weighted by atomic mass is 32.2. The molecule has 35 heavy (non-hydrogen) atoms. The van der Waals surface area contributed by atoms with Crippen molar-refractivity contribution in [3.8, 4) is 5.75 Å². The van der Waals surface area contributed by atoms with Crippen molar-refractivity contribution in [1.82, 2.24) is 4.90 Å². The summed E-state index contributed by atoms with van der Waals surface area (Å²) < 4.78 is 78.1. The summed E-state index contributed by atoms with van der Waals surface area (Å²) >= 11 is 0. The largest absolute Gasteiger partial charge is 0.617 e. The molecule has 1 saturated carbocycles. The van der Waals surface area contributed by atoms with Crippen molar-refractivity contribution in [2.45, 2.75) is 88.0 Å². The van der Waals surface area contributed by atoms with Crippen LogP contribution in [0.1, 0.15) is 51.1 Å². The Bertz CT molecular complexity index is 1000. The first-order valence-corrected chi connectivity index (χ1v) is 13.4. The number of sulfone groups is 1. The third-order valence-electron chi connectivity index (χ3n) is 6.36. The molecule has 3 rings (SSSR count). The van der Waals surface area contributed by atoms with Crippen molar-refractivity contribution >= 4 is 15.9 Å². The molecule has 0 spiro atoms. The van der Waals surface area contributed by atoms with Crippen LogP contribution < -0.4 is 9.47 Å². The Labute approximate surface area is 202 Å². The average molecular weight is 525 g/mol. The highest BCUT2D eigenvalue weighted by Crippen LogP contribution is 2.29. The number of hydrogen-bond acceptors (Lipinski definition) is 7. The number of hydrogen-bond donors (Lipinski definition) is 0. The van der Waals surface area contributed by atoms with E-state index in [1.165, 1.54) is 24.0 Å². The number of piperidine rings is 1. The van der Waals surface area contributed by atoms with Gasteiger partial charge in [-0.3, -0.25) is 0 Å². The summed E-state index contributed by atoms with van der Waals surface area (Å²) in [5.41, 5.74) is 0.182. The summed E-state index contributed by atoms with van der Waals surface area (Å²) in [6.45, 7) is 2.85. The number of pyridine rings is 1. The van der Waals surface area contributed by atoms with Crippen LogP contribution in [0.2, 0.25) is 0 Å². The third-order valence-corrected chi connectivity index (χ3v) is 7.42. The zero-order valence-corrected chi connectivity index (χ0v) is 20.7. The molecule has 0 aromatic carbocycles. The van der Waals surface area contributed by atoms with Gasteiger partial charge in [0.2, 0.25) is 15.5 Å². The van der Waals surface area contributed by atoms with Gasteiger partial charge >= 0.3 is 17.3 Å². The smallest absolute Gasteiger partial charge is 0.425 e. The molecule has 198 valence electrons. The van der Waals surface area contributed by atoms with Gasteiger partial charge in [-0.25, -0.2) is 13.2 Å². The quantitative estimate of drug-likeness (QED) is 0.415. The van der Waals surface area contributed by atoms with Gasteiger partial charge in [0.25, 0.3) is 0 Å². The number of carbonyl (C=O) groups excluding carboxylic acids is 1. The number of halogens is 3. The Kier molecular flexibility index (Phi) is 8.40. The van der Waals surface area contributed by atoms with Crippen LogP contribution in [0.15, 0.2) is 17.2 Å². The van der Waals surface area contributed by atoms with Crippen LogP contribution in [-0.4, -0.2) is 69.3 Å². The Morgan fingerprint density at radius 2 is 1.63 bits per heavy atom. The molecule has 1 aromatic rings. The van der Waals surface area contributed by atoms with Crippen LogP contribution in [0.3, 0.4) is 0 Å². The molecule has 13 heteroatoms. The Morgan fingerprint density at radius 3 is 2.17 bits per heavy atom. The number of likely N-dealkylation sites (tertiary alicyclic amines) is 1. The van der Waals surface area contributed by atoms with Crippen molar-refractivity contribution in [2.75, 3.05) is 19.3 Å². The third kappa shape index (κ3) is 7.12. The summed E-state index contributed by atoms with van der Waals surface area (Å²) in [4.78, 5) is 13.2. The van der Waals surface area contributed by atoms with E-state index in [9.17, 15) is 31.6 Å². The van der Waals surface area contributed by atoms with E-state index in [0.717, 1.165) is 26.0 Å². The van der Waals surface area contributed by atoms with E-state index in [2.05, 4.69) is 4.74 Å². The molecule has 1 aliphatic heterocycles. The van der Waals surface area contributed by atoms with E-state index in [1.54, 1.807) is 0 Å². The fourth-order valence-corrected chi connectivity index (χ4v) is 4.96. The average Bonchev–Trinajstić information content (AvgIpc) is 2.77. The van der Waals surface area contributed by atoms with E-state index in [-0.39, 0.29) is 42.1 Å². The molecule has 0 N–H and O–H groups in total. The number of ether oxygens (including phenoxy) is 3. The van der Waals surface area contributed by atoms with Gasteiger partial charge in [-0.05, 0) is 51.5 Å². The van der Waals surface area contributed by atoms with Gasteiger partial charge in [0.15, 0.2) is 11.9 Å². The highest BCUT2D eigenvalue weighted by molar-refractivity contribution is 7.90. The molecule has 1 amide bonds. The molecular weight excluding hydrogens is 493 g/mol. The molecule has 1 unspecified atom stereocenters. The fourth-order valence-electron chi connectivity index (χ4n) is 4.20. The van der Waals surface area contributed by atoms with Gasteiger partial charge < -0.3 is 24.3 Å². The van der Waals surface area contributed by atoms with Crippen molar-refractivity contribution in [3.05, 3.63) is 23.0 Å². The SMILES string of the molecule is Cc1c(OC2CCC(OC3CCN(C(=O)OC(C)C(F)(F)F)CC3)CC2)ccc(S(C)(=O)=O)[n+]1[O-]. The molecule has 9 nitrogen and oxygen atoms in total. The zero-order chi connectivity index (χ0) is 26.0. The van der Waals surface area contributed by atoms with Gasteiger partial charge in [0, 0.05) is 32.3 Å². The molecule has 1 aliphatic carbocycles. The minimum atomic E-state index is -4.59. The first-order valence-electron chi connectivity index (χ1n) is 11.5. The lowest BCUT2D eigenvalue weighted by atomic mass is 9.94. The van der Waals surface area contributed by atoms with E-state index in [0.29, 0.717) is 36.2 Å². The van der Waals surface area contributed by atoms with Crippen molar-refractivity contribution < 1.29 is 45.3 Å². The molecule has 1 saturated heterocycles. The lowest BCUT2D eigenvalue weighted by Crippen LogP contribution is -2.44. The van der Waals surface area contributed by atoms with Crippen molar-refractivity contribution in [2.24, 2.45) is 0 Å². The lowest BCUT2D eigenvalue weighted by molar-refractivity contribution is -0.653. The highest BCUT2D eigenvalue weighted by Gasteiger charge is 2.40. The van der Waals surface area contributed by atoms with E-state index < -0.39 is 28.2 Å². The first kappa shape index (κ1) is 27.3. The fraction of sp³-hybridized carbons (Fsp3) is 0.727. The van der Waals surface area contributed by atoms with E-state index in [4.69, 9.17) is 9.47 Å².